The van der Waals surface area contributed by atoms with Gasteiger partial charge in [-0.05, 0) is 45.6 Å². The van der Waals surface area contributed by atoms with Crippen LogP contribution in [-0.2, 0) is 4.74 Å². The molecule has 1 aliphatic rings. The zero-order chi connectivity index (χ0) is 14.3. The van der Waals surface area contributed by atoms with Crippen molar-refractivity contribution in [2.45, 2.75) is 72.1 Å². The summed E-state index contributed by atoms with van der Waals surface area (Å²) in [5.41, 5.74) is 0. The van der Waals surface area contributed by atoms with Gasteiger partial charge in [0, 0.05) is 25.7 Å². The molecule has 3 nitrogen and oxygen atoms in total. The van der Waals surface area contributed by atoms with E-state index < -0.39 is 0 Å². The van der Waals surface area contributed by atoms with Crippen molar-refractivity contribution in [3.63, 3.8) is 0 Å². The Balaban J connectivity index is 2.28. The van der Waals surface area contributed by atoms with E-state index in [0.717, 1.165) is 25.6 Å². The highest BCUT2D eigenvalue weighted by Gasteiger charge is 2.27. The Kier molecular flexibility index (Phi) is 7.96. The molecule has 2 atom stereocenters. The molecule has 1 N–H and O–H groups in total. The van der Waals surface area contributed by atoms with E-state index in [1.807, 2.05) is 0 Å². The van der Waals surface area contributed by atoms with E-state index in [-0.39, 0.29) is 0 Å². The SMILES string of the molecule is CCCNCC1CCC(CN(CC(C)C)C(C)C)O1. The monoisotopic (exact) mass is 270 g/mol. The zero-order valence-corrected chi connectivity index (χ0v) is 13.6. The molecule has 0 aromatic rings. The van der Waals surface area contributed by atoms with Crippen LogP contribution in [0.15, 0.2) is 0 Å². The van der Waals surface area contributed by atoms with Gasteiger partial charge in [0.25, 0.3) is 0 Å². The van der Waals surface area contributed by atoms with Crippen LogP contribution >= 0.6 is 0 Å². The predicted octanol–water partition coefficient (Wildman–Crippen LogP) is 2.90. The Hall–Kier alpha value is -0.120. The lowest BCUT2D eigenvalue weighted by molar-refractivity contribution is 0.0149. The average Bonchev–Trinajstić information content (AvgIpc) is 2.76. The molecule has 0 radical (unpaired) electrons. The van der Waals surface area contributed by atoms with E-state index in [1.54, 1.807) is 0 Å². The third kappa shape index (κ3) is 6.73. The standard InChI is InChI=1S/C16H34N2O/c1-6-9-17-10-15-7-8-16(19-15)12-18(14(4)5)11-13(2)3/h13-17H,6-12H2,1-5H3. The summed E-state index contributed by atoms with van der Waals surface area (Å²) < 4.78 is 6.17. The number of rotatable bonds is 9. The summed E-state index contributed by atoms with van der Waals surface area (Å²) in [5, 5.41) is 3.47. The van der Waals surface area contributed by atoms with Gasteiger partial charge in [-0.15, -0.1) is 0 Å². The summed E-state index contributed by atoms with van der Waals surface area (Å²) in [6, 6.07) is 0.614. The first kappa shape index (κ1) is 16.9. The van der Waals surface area contributed by atoms with Crippen molar-refractivity contribution < 1.29 is 4.74 Å². The Morgan fingerprint density at radius 3 is 2.42 bits per heavy atom. The Bertz CT molecular complexity index is 231. The van der Waals surface area contributed by atoms with E-state index in [4.69, 9.17) is 4.74 Å². The molecule has 0 amide bonds. The molecule has 19 heavy (non-hydrogen) atoms. The highest BCUT2D eigenvalue weighted by Crippen LogP contribution is 2.21. The van der Waals surface area contributed by atoms with E-state index in [1.165, 1.54) is 25.8 Å². The maximum absolute atomic E-state index is 6.17. The maximum Gasteiger partial charge on any atom is 0.0707 e. The van der Waals surface area contributed by atoms with Crippen LogP contribution in [0, 0.1) is 5.92 Å². The van der Waals surface area contributed by atoms with Gasteiger partial charge in [-0.2, -0.15) is 0 Å². The average molecular weight is 270 g/mol. The predicted molar refractivity (Wildman–Crippen MR) is 82.6 cm³/mol. The summed E-state index contributed by atoms with van der Waals surface area (Å²) in [6.45, 7) is 15.8. The molecule has 0 saturated carbocycles. The smallest absolute Gasteiger partial charge is 0.0707 e. The minimum absolute atomic E-state index is 0.435. The van der Waals surface area contributed by atoms with E-state index in [2.05, 4.69) is 44.8 Å². The van der Waals surface area contributed by atoms with Gasteiger partial charge in [-0.3, -0.25) is 4.90 Å². The molecule has 1 saturated heterocycles. The van der Waals surface area contributed by atoms with Crippen molar-refractivity contribution in [2.75, 3.05) is 26.2 Å². The molecule has 1 fully saturated rings. The largest absolute Gasteiger partial charge is 0.372 e. The van der Waals surface area contributed by atoms with Crippen LogP contribution in [0.5, 0.6) is 0 Å². The first-order valence-corrected chi connectivity index (χ1v) is 8.13. The Labute approximate surface area is 120 Å². The number of hydrogen-bond acceptors (Lipinski definition) is 3. The highest BCUT2D eigenvalue weighted by molar-refractivity contribution is 4.79. The number of nitrogens with one attached hydrogen (secondary N) is 1. The van der Waals surface area contributed by atoms with Gasteiger partial charge in [-0.1, -0.05) is 20.8 Å². The topological polar surface area (TPSA) is 24.5 Å². The van der Waals surface area contributed by atoms with Crippen LogP contribution in [-0.4, -0.2) is 49.3 Å². The molecule has 0 aromatic carbocycles. The number of hydrogen-bond donors (Lipinski definition) is 1. The van der Waals surface area contributed by atoms with E-state index >= 15 is 0 Å². The molecule has 2 unspecified atom stereocenters. The summed E-state index contributed by atoms with van der Waals surface area (Å²) in [4.78, 5) is 2.57. The second-order valence-electron chi connectivity index (χ2n) is 6.60. The summed E-state index contributed by atoms with van der Waals surface area (Å²) >= 11 is 0. The Morgan fingerprint density at radius 1 is 1.16 bits per heavy atom. The molecule has 0 aliphatic carbocycles. The van der Waals surface area contributed by atoms with Crippen molar-refractivity contribution in [3.8, 4) is 0 Å². The van der Waals surface area contributed by atoms with E-state index in [0.29, 0.717) is 18.2 Å². The summed E-state index contributed by atoms with van der Waals surface area (Å²) in [6.07, 6.45) is 4.51. The lowest BCUT2D eigenvalue weighted by Crippen LogP contribution is -2.40. The van der Waals surface area contributed by atoms with Gasteiger partial charge in [0.2, 0.25) is 0 Å². The van der Waals surface area contributed by atoms with Crippen LogP contribution in [0.3, 0.4) is 0 Å². The molecule has 1 heterocycles. The molecule has 114 valence electrons. The van der Waals surface area contributed by atoms with Crippen molar-refractivity contribution in [1.29, 1.82) is 0 Å². The molecule has 0 spiro atoms. The van der Waals surface area contributed by atoms with Gasteiger partial charge < -0.3 is 10.1 Å². The molecular weight excluding hydrogens is 236 g/mol. The molecule has 1 aliphatic heterocycles. The molecule has 0 aromatic heterocycles. The Morgan fingerprint density at radius 2 is 1.84 bits per heavy atom. The summed E-state index contributed by atoms with van der Waals surface area (Å²) in [5.74, 6) is 0.728. The van der Waals surface area contributed by atoms with Gasteiger partial charge in [0.05, 0.1) is 12.2 Å². The second kappa shape index (κ2) is 8.93. The second-order valence-corrected chi connectivity index (χ2v) is 6.60. The van der Waals surface area contributed by atoms with Gasteiger partial charge in [-0.25, -0.2) is 0 Å². The molecule has 0 bridgehead atoms. The fourth-order valence-electron chi connectivity index (χ4n) is 2.73. The minimum Gasteiger partial charge on any atom is -0.372 e. The van der Waals surface area contributed by atoms with Crippen LogP contribution in [0.4, 0.5) is 0 Å². The third-order valence-corrected chi connectivity index (χ3v) is 3.76. The quantitative estimate of drug-likeness (QED) is 0.652. The first-order valence-electron chi connectivity index (χ1n) is 8.13. The molecule has 1 rings (SSSR count). The zero-order valence-electron chi connectivity index (χ0n) is 13.6. The lowest BCUT2D eigenvalue weighted by atomic mass is 10.1. The highest BCUT2D eigenvalue weighted by atomic mass is 16.5. The minimum atomic E-state index is 0.435. The number of ether oxygens (including phenoxy) is 1. The molecular formula is C16H34N2O. The first-order chi connectivity index (χ1) is 9.02. The van der Waals surface area contributed by atoms with Gasteiger partial charge in [0.1, 0.15) is 0 Å². The third-order valence-electron chi connectivity index (χ3n) is 3.76. The van der Waals surface area contributed by atoms with Crippen molar-refractivity contribution >= 4 is 0 Å². The van der Waals surface area contributed by atoms with Crippen LogP contribution < -0.4 is 5.32 Å². The van der Waals surface area contributed by atoms with Gasteiger partial charge >= 0.3 is 0 Å². The van der Waals surface area contributed by atoms with Crippen molar-refractivity contribution in [3.05, 3.63) is 0 Å². The van der Waals surface area contributed by atoms with Crippen LogP contribution in [0.1, 0.15) is 53.9 Å². The molecule has 3 heteroatoms. The van der Waals surface area contributed by atoms with Crippen molar-refractivity contribution in [1.82, 2.24) is 10.2 Å². The normalized spacial score (nSPS) is 24.0. The van der Waals surface area contributed by atoms with Crippen molar-refractivity contribution in [2.24, 2.45) is 5.92 Å². The maximum atomic E-state index is 6.17. The number of nitrogens with zero attached hydrogens (tertiary/aromatic N) is 1. The van der Waals surface area contributed by atoms with Crippen LogP contribution in [0.2, 0.25) is 0 Å². The van der Waals surface area contributed by atoms with E-state index in [9.17, 15) is 0 Å². The van der Waals surface area contributed by atoms with Crippen LogP contribution in [0.25, 0.3) is 0 Å². The lowest BCUT2D eigenvalue weighted by Gasteiger charge is -2.30. The fraction of sp³-hybridized carbons (Fsp3) is 1.00. The van der Waals surface area contributed by atoms with Gasteiger partial charge in [0.15, 0.2) is 0 Å². The fourth-order valence-corrected chi connectivity index (χ4v) is 2.73. The summed E-state index contributed by atoms with van der Waals surface area (Å²) in [7, 11) is 0.